The maximum Gasteiger partial charge on any atom is 0.128 e. The molecular weight excluding hydrogens is 250 g/mol. The molecule has 4 nitrogen and oxygen atoms in total. The third-order valence-corrected chi connectivity index (χ3v) is 4.20. The number of nitrogens with zero attached hydrogens (tertiary/aromatic N) is 2. The first-order chi connectivity index (χ1) is 9.67. The van der Waals surface area contributed by atoms with Gasteiger partial charge in [0.25, 0.3) is 0 Å². The van der Waals surface area contributed by atoms with Crippen molar-refractivity contribution in [2.45, 2.75) is 46.2 Å². The molecule has 0 spiro atoms. The van der Waals surface area contributed by atoms with Crippen LogP contribution in [0.3, 0.4) is 0 Å². The molecule has 1 aromatic heterocycles. The van der Waals surface area contributed by atoms with Crippen LogP contribution in [0.2, 0.25) is 0 Å². The van der Waals surface area contributed by atoms with Gasteiger partial charge in [0.05, 0.1) is 12.8 Å². The Balaban J connectivity index is 2.16. The summed E-state index contributed by atoms with van der Waals surface area (Å²) in [7, 11) is 1.74. The number of aromatic nitrogens is 1. The number of pyridine rings is 1. The van der Waals surface area contributed by atoms with Gasteiger partial charge < -0.3 is 10.1 Å². The minimum atomic E-state index is 0.627. The average molecular weight is 277 g/mol. The SMILES string of the molecule is CCCC1CNCCN1Cc1ncc(C)c(OC)c1C. The van der Waals surface area contributed by atoms with E-state index in [9.17, 15) is 0 Å². The van der Waals surface area contributed by atoms with Crippen LogP contribution in [-0.2, 0) is 6.54 Å². The molecule has 0 amide bonds. The summed E-state index contributed by atoms with van der Waals surface area (Å²) >= 11 is 0. The highest BCUT2D eigenvalue weighted by Gasteiger charge is 2.23. The molecular formula is C16H27N3O. The lowest BCUT2D eigenvalue weighted by Gasteiger charge is -2.36. The van der Waals surface area contributed by atoms with Gasteiger partial charge in [0.2, 0.25) is 0 Å². The van der Waals surface area contributed by atoms with Crippen LogP contribution < -0.4 is 10.1 Å². The number of ether oxygens (including phenoxy) is 1. The number of rotatable bonds is 5. The van der Waals surface area contributed by atoms with Crippen molar-refractivity contribution in [3.05, 3.63) is 23.0 Å². The fourth-order valence-electron chi connectivity index (χ4n) is 3.05. The first kappa shape index (κ1) is 15.3. The summed E-state index contributed by atoms with van der Waals surface area (Å²) in [6, 6.07) is 0.627. The Labute approximate surface area is 122 Å². The van der Waals surface area contributed by atoms with Crippen LogP contribution >= 0.6 is 0 Å². The molecule has 1 aliphatic heterocycles. The molecule has 1 atom stereocenters. The molecule has 0 bridgehead atoms. The highest BCUT2D eigenvalue weighted by molar-refractivity contribution is 5.41. The molecule has 0 radical (unpaired) electrons. The average Bonchev–Trinajstić information content (AvgIpc) is 2.45. The molecule has 1 unspecified atom stereocenters. The highest BCUT2D eigenvalue weighted by Crippen LogP contribution is 2.25. The summed E-state index contributed by atoms with van der Waals surface area (Å²) in [4.78, 5) is 7.19. The van der Waals surface area contributed by atoms with Crippen LogP contribution in [0.15, 0.2) is 6.20 Å². The number of piperazine rings is 1. The Morgan fingerprint density at radius 3 is 2.95 bits per heavy atom. The van der Waals surface area contributed by atoms with E-state index in [1.54, 1.807) is 7.11 Å². The minimum Gasteiger partial charge on any atom is -0.496 e. The van der Waals surface area contributed by atoms with Gasteiger partial charge in [-0.25, -0.2) is 0 Å². The summed E-state index contributed by atoms with van der Waals surface area (Å²) in [5, 5.41) is 3.49. The van der Waals surface area contributed by atoms with E-state index >= 15 is 0 Å². The first-order valence-corrected chi connectivity index (χ1v) is 7.61. The molecule has 1 aliphatic rings. The van der Waals surface area contributed by atoms with Crippen LogP contribution in [0.5, 0.6) is 5.75 Å². The fraction of sp³-hybridized carbons (Fsp3) is 0.688. The second kappa shape index (κ2) is 7.04. The van der Waals surface area contributed by atoms with E-state index in [1.807, 2.05) is 13.1 Å². The van der Waals surface area contributed by atoms with Crippen molar-refractivity contribution in [3.8, 4) is 5.75 Å². The van der Waals surface area contributed by atoms with Crippen LogP contribution in [0.25, 0.3) is 0 Å². The summed E-state index contributed by atoms with van der Waals surface area (Å²) in [6.07, 6.45) is 4.40. The van der Waals surface area contributed by atoms with Crippen molar-refractivity contribution in [2.24, 2.45) is 0 Å². The zero-order chi connectivity index (χ0) is 14.5. The molecule has 0 aliphatic carbocycles. The zero-order valence-corrected chi connectivity index (χ0v) is 13.2. The maximum absolute atomic E-state index is 5.51. The third-order valence-electron chi connectivity index (χ3n) is 4.20. The van der Waals surface area contributed by atoms with Crippen LogP contribution in [-0.4, -0.2) is 42.7 Å². The molecule has 0 aromatic carbocycles. The van der Waals surface area contributed by atoms with Gasteiger partial charge in [-0.1, -0.05) is 13.3 Å². The van der Waals surface area contributed by atoms with E-state index in [0.717, 1.165) is 43.2 Å². The molecule has 20 heavy (non-hydrogen) atoms. The normalized spacial score (nSPS) is 20.1. The largest absolute Gasteiger partial charge is 0.496 e. The number of methoxy groups -OCH3 is 1. The van der Waals surface area contributed by atoms with E-state index in [0.29, 0.717) is 6.04 Å². The van der Waals surface area contributed by atoms with Crippen molar-refractivity contribution < 1.29 is 4.74 Å². The molecule has 112 valence electrons. The molecule has 1 fully saturated rings. The number of hydrogen-bond donors (Lipinski definition) is 1. The lowest BCUT2D eigenvalue weighted by Crippen LogP contribution is -2.50. The number of hydrogen-bond acceptors (Lipinski definition) is 4. The van der Waals surface area contributed by atoms with Gasteiger partial charge in [0.1, 0.15) is 5.75 Å². The highest BCUT2D eigenvalue weighted by atomic mass is 16.5. The van der Waals surface area contributed by atoms with Gasteiger partial charge in [0.15, 0.2) is 0 Å². The predicted molar refractivity (Wildman–Crippen MR) is 82.2 cm³/mol. The molecule has 1 saturated heterocycles. The Kier molecular flexibility index (Phi) is 5.38. The molecule has 1 aromatic rings. The Morgan fingerprint density at radius 1 is 1.45 bits per heavy atom. The lowest BCUT2D eigenvalue weighted by molar-refractivity contribution is 0.142. The summed E-state index contributed by atoms with van der Waals surface area (Å²) in [6.45, 7) is 10.6. The molecule has 1 N–H and O–H groups in total. The first-order valence-electron chi connectivity index (χ1n) is 7.61. The van der Waals surface area contributed by atoms with Gasteiger partial charge in [-0.15, -0.1) is 0 Å². The molecule has 4 heteroatoms. The van der Waals surface area contributed by atoms with Gasteiger partial charge in [0, 0.05) is 49.5 Å². The monoisotopic (exact) mass is 277 g/mol. The van der Waals surface area contributed by atoms with Gasteiger partial charge in [-0.2, -0.15) is 0 Å². The summed E-state index contributed by atoms with van der Waals surface area (Å²) < 4.78 is 5.51. The second-order valence-corrected chi connectivity index (χ2v) is 5.66. The second-order valence-electron chi connectivity index (χ2n) is 5.66. The Morgan fingerprint density at radius 2 is 2.25 bits per heavy atom. The molecule has 2 rings (SSSR count). The zero-order valence-electron chi connectivity index (χ0n) is 13.2. The van der Waals surface area contributed by atoms with Crippen molar-refractivity contribution in [1.29, 1.82) is 0 Å². The standard InChI is InChI=1S/C16H27N3O/c1-5-6-14-10-17-7-8-19(14)11-15-13(3)16(20-4)12(2)9-18-15/h9,14,17H,5-8,10-11H2,1-4H3. The van der Waals surface area contributed by atoms with Gasteiger partial charge in [-0.3, -0.25) is 9.88 Å². The number of nitrogens with one attached hydrogen (secondary N) is 1. The summed E-state index contributed by atoms with van der Waals surface area (Å²) in [5.74, 6) is 0.983. The van der Waals surface area contributed by atoms with E-state index in [1.165, 1.54) is 18.4 Å². The maximum atomic E-state index is 5.51. The minimum absolute atomic E-state index is 0.627. The van der Waals surface area contributed by atoms with Crippen LogP contribution in [0, 0.1) is 13.8 Å². The van der Waals surface area contributed by atoms with Crippen LogP contribution in [0.4, 0.5) is 0 Å². The Bertz CT molecular complexity index is 446. The fourth-order valence-corrected chi connectivity index (χ4v) is 3.05. The predicted octanol–water partition coefficient (Wildman–Crippen LogP) is 2.28. The lowest BCUT2D eigenvalue weighted by atomic mass is 10.1. The van der Waals surface area contributed by atoms with Crippen LogP contribution in [0.1, 0.15) is 36.6 Å². The molecule has 0 saturated carbocycles. The van der Waals surface area contributed by atoms with E-state index in [4.69, 9.17) is 4.74 Å². The van der Waals surface area contributed by atoms with Gasteiger partial charge >= 0.3 is 0 Å². The van der Waals surface area contributed by atoms with Crippen molar-refractivity contribution in [2.75, 3.05) is 26.7 Å². The third kappa shape index (κ3) is 3.30. The molecule has 2 heterocycles. The van der Waals surface area contributed by atoms with E-state index < -0.39 is 0 Å². The van der Waals surface area contributed by atoms with E-state index in [-0.39, 0.29) is 0 Å². The van der Waals surface area contributed by atoms with Crippen molar-refractivity contribution in [1.82, 2.24) is 15.2 Å². The summed E-state index contributed by atoms with van der Waals surface area (Å²) in [5.41, 5.74) is 3.44. The smallest absolute Gasteiger partial charge is 0.128 e. The topological polar surface area (TPSA) is 37.4 Å². The van der Waals surface area contributed by atoms with Crippen molar-refractivity contribution in [3.63, 3.8) is 0 Å². The number of aryl methyl sites for hydroxylation is 1. The van der Waals surface area contributed by atoms with E-state index in [2.05, 4.69) is 29.0 Å². The Hall–Kier alpha value is -1.13. The van der Waals surface area contributed by atoms with Gasteiger partial charge in [-0.05, 0) is 20.3 Å². The quantitative estimate of drug-likeness (QED) is 0.896. The van der Waals surface area contributed by atoms with Crippen molar-refractivity contribution >= 4 is 0 Å².